The molecular formula is C22H42IN3O3. The Kier molecular flexibility index (Phi) is 11.0. The highest BCUT2D eigenvalue weighted by Crippen LogP contribution is 2.53. The first kappa shape index (κ1) is 25.1. The summed E-state index contributed by atoms with van der Waals surface area (Å²) in [6.45, 7) is 10.2. The van der Waals surface area contributed by atoms with Crippen LogP contribution in [0.5, 0.6) is 0 Å². The minimum absolute atomic E-state index is 0. The van der Waals surface area contributed by atoms with Crippen molar-refractivity contribution < 1.29 is 14.2 Å². The quantitative estimate of drug-likeness (QED) is 0.216. The summed E-state index contributed by atoms with van der Waals surface area (Å²) in [4.78, 5) is 7.29. The molecule has 2 aliphatic carbocycles. The minimum Gasteiger partial charge on any atom is -0.382 e. The van der Waals surface area contributed by atoms with E-state index in [0.717, 1.165) is 45.2 Å². The third-order valence-electron chi connectivity index (χ3n) is 6.92. The van der Waals surface area contributed by atoms with Crippen LogP contribution in [0.2, 0.25) is 0 Å². The summed E-state index contributed by atoms with van der Waals surface area (Å²) in [5.74, 6) is 1.69. The first-order chi connectivity index (χ1) is 13.7. The smallest absolute Gasteiger partial charge is 0.194 e. The molecule has 0 bridgehead atoms. The fourth-order valence-corrected chi connectivity index (χ4v) is 5.36. The van der Waals surface area contributed by atoms with Crippen molar-refractivity contribution in [2.24, 2.45) is 16.3 Å². The van der Waals surface area contributed by atoms with E-state index in [1.807, 2.05) is 0 Å². The van der Waals surface area contributed by atoms with Crippen LogP contribution < -0.4 is 5.32 Å². The summed E-state index contributed by atoms with van der Waals surface area (Å²) in [6, 6.07) is 0.506. The van der Waals surface area contributed by atoms with Crippen molar-refractivity contribution in [3.05, 3.63) is 0 Å². The molecule has 1 N–H and O–H groups in total. The molecule has 0 aromatic carbocycles. The van der Waals surface area contributed by atoms with Crippen molar-refractivity contribution in [3.63, 3.8) is 0 Å². The van der Waals surface area contributed by atoms with E-state index in [0.29, 0.717) is 36.7 Å². The molecule has 3 atom stereocenters. The lowest BCUT2D eigenvalue weighted by molar-refractivity contribution is -0.146. The van der Waals surface area contributed by atoms with Crippen molar-refractivity contribution in [1.29, 1.82) is 0 Å². The number of rotatable bonds is 9. The highest BCUT2D eigenvalue weighted by molar-refractivity contribution is 14.0. The number of nitrogens with zero attached hydrogens (tertiary/aromatic N) is 2. The monoisotopic (exact) mass is 523 g/mol. The Balaban J connectivity index is 0.00000300. The van der Waals surface area contributed by atoms with E-state index in [-0.39, 0.29) is 24.0 Å². The molecule has 29 heavy (non-hydrogen) atoms. The van der Waals surface area contributed by atoms with Gasteiger partial charge in [-0.15, -0.1) is 24.0 Å². The summed E-state index contributed by atoms with van der Waals surface area (Å²) in [5.41, 5.74) is 0.325. The Morgan fingerprint density at radius 1 is 1.17 bits per heavy atom. The van der Waals surface area contributed by atoms with Gasteiger partial charge in [0.25, 0.3) is 0 Å². The van der Waals surface area contributed by atoms with Gasteiger partial charge in [0, 0.05) is 50.7 Å². The van der Waals surface area contributed by atoms with E-state index < -0.39 is 0 Å². The summed E-state index contributed by atoms with van der Waals surface area (Å²) in [6.07, 6.45) is 9.37. The van der Waals surface area contributed by atoms with E-state index in [2.05, 4.69) is 24.1 Å². The van der Waals surface area contributed by atoms with Crippen LogP contribution in [0, 0.1) is 11.3 Å². The molecule has 2 saturated carbocycles. The number of ether oxygens (including phenoxy) is 3. The lowest BCUT2D eigenvalue weighted by Gasteiger charge is -2.58. The van der Waals surface area contributed by atoms with E-state index in [1.165, 1.54) is 38.5 Å². The van der Waals surface area contributed by atoms with Crippen LogP contribution in [0.4, 0.5) is 0 Å². The maximum atomic E-state index is 6.13. The number of halogens is 1. The number of methoxy groups -OCH3 is 1. The molecule has 1 spiro atoms. The molecule has 1 heterocycles. The first-order valence-corrected chi connectivity index (χ1v) is 11.5. The van der Waals surface area contributed by atoms with Crippen molar-refractivity contribution in [3.8, 4) is 0 Å². The van der Waals surface area contributed by atoms with Crippen molar-refractivity contribution in [2.45, 2.75) is 70.9 Å². The van der Waals surface area contributed by atoms with Gasteiger partial charge in [0.15, 0.2) is 5.96 Å². The fourth-order valence-electron chi connectivity index (χ4n) is 5.36. The molecular weight excluding hydrogens is 481 g/mol. The zero-order valence-electron chi connectivity index (χ0n) is 18.7. The van der Waals surface area contributed by atoms with Crippen molar-refractivity contribution >= 4 is 29.9 Å². The second-order valence-electron chi connectivity index (χ2n) is 8.64. The minimum atomic E-state index is 0. The SMILES string of the molecule is CCN=C(NC1CC(OCC)C12CCCCC2)N1CCC(COCCOC)C1.I. The van der Waals surface area contributed by atoms with Gasteiger partial charge in [-0.2, -0.15) is 0 Å². The summed E-state index contributed by atoms with van der Waals surface area (Å²) < 4.78 is 17.0. The maximum absolute atomic E-state index is 6.13. The van der Waals surface area contributed by atoms with Crippen molar-refractivity contribution in [2.75, 3.05) is 53.2 Å². The molecule has 1 aliphatic heterocycles. The number of hydrogen-bond acceptors (Lipinski definition) is 4. The van der Waals surface area contributed by atoms with Crippen LogP contribution in [0.1, 0.15) is 58.8 Å². The molecule has 1 saturated heterocycles. The largest absolute Gasteiger partial charge is 0.382 e. The topological polar surface area (TPSA) is 55.3 Å². The predicted octanol–water partition coefficient (Wildman–Crippen LogP) is 3.68. The Morgan fingerprint density at radius 3 is 2.66 bits per heavy atom. The zero-order chi connectivity index (χ0) is 19.8. The first-order valence-electron chi connectivity index (χ1n) is 11.5. The molecule has 3 rings (SSSR count). The van der Waals surface area contributed by atoms with Crippen molar-refractivity contribution in [1.82, 2.24) is 10.2 Å². The highest BCUT2D eigenvalue weighted by atomic mass is 127. The van der Waals surface area contributed by atoms with Gasteiger partial charge in [-0.05, 0) is 39.5 Å². The summed E-state index contributed by atoms with van der Waals surface area (Å²) >= 11 is 0. The molecule has 6 nitrogen and oxygen atoms in total. The Bertz CT molecular complexity index is 500. The molecule has 0 radical (unpaired) electrons. The normalized spacial score (nSPS) is 28.9. The van der Waals surface area contributed by atoms with Gasteiger partial charge < -0.3 is 24.4 Å². The number of aliphatic imine (C=N–C) groups is 1. The Morgan fingerprint density at radius 2 is 1.97 bits per heavy atom. The van der Waals surface area contributed by atoms with Gasteiger partial charge in [-0.1, -0.05) is 19.3 Å². The van der Waals surface area contributed by atoms with Gasteiger partial charge in [0.1, 0.15) is 0 Å². The fraction of sp³-hybridized carbons (Fsp3) is 0.955. The third-order valence-corrected chi connectivity index (χ3v) is 6.92. The van der Waals surface area contributed by atoms with Gasteiger partial charge in [-0.25, -0.2) is 0 Å². The van der Waals surface area contributed by atoms with Crippen LogP contribution >= 0.6 is 24.0 Å². The standard InChI is InChI=1S/C22H41N3O3.HI/c1-4-23-21(25-12-9-18(16-25)17-27-14-13-26-3)24-19-15-20(28-5-2)22(19)10-7-6-8-11-22;/h18-20H,4-17H2,1-3H3,(H,23,24);1H. The predicted molar refractivity (Wildman–Crippen MR) is 128 cm³/mol. The van der Waals surface area contributed by atoms with E-state index in [4.69, 9.17) is 19.2 Å². The van der Waals surface area contributed by atoms with Crippen LogP contribution in [0.3, 0.4) is 0 Å². The van der Waals surface area contributed by atoms with Crippen LogP contribution in [0.25, 0.3) is 0 Å². The molecule has 7 heteroatoms. The number of likely N-dealkylation sites (tertiary alicyclic amines) is 1. The van der Waals surface area contributed by atoms with E-state index >= 15 is 0 Å². The maximum Gasteiger partial charge on any atom is 0.194 e. The Labute approximate surface area is 194 Å². The number of nitrogens with one attached hydrogen (secondary N) is 1. The molecule has 0 aromatic rings. The lowest BCUT2D eigenvalue weighted by atomic mass is 9.55. The lowest BCUT2D eigenvalue weighted by Crippen LogP contribution is -2.66. The number of hydrogen-bond donors (Lipinski definition) is 1. The summed E-state index contributed by atoms with van der Waals surface area (Å²) in [5, 5.41) is 3.88. The van der Waals surface area contributed by atoms with Gasteiger partial charge in [0.2, 0.25) is 0 Å². The number of guanidine groups is 1. The zero-order valence-corrected chi connectivity index (χ0v) is 21.0. The molecule has 0 amide bonds. The average Bonchev–Trinajstić information content (AvgIpc) is 3.19. The second-order valence-corrected chi connectivity index (χ2v) is 8.64. The van der Waals surface area contributed by atoms with E-state index in [1.54, 1.807) is 7.11 Å². The van der Waals surface area contributed by atoms with Crippen LogP contribution in [-0.4, -0.2) is 76.2 Å². The molecule has 3 fully saturated rings. The Hall–Kier alpha value is -0.120. The van der Waals surface area contributed by atoms with Gasteiger partial charge >= 0.3 is 0 Å². The second kappa shape index (κ2) is 12.7. The molecule has 3 unspecified atom stereocenters. The molecule has 3 aliphatic rings. The average molecular weight is 524 g/mol. The molecule has 170 valence electrons. The summed E-state index contributed by atoms with van der Waals surface area (Å²) in [7, 11) is 1.72. The highest BCUT2D eigenvalue weighted by Gasteiger charge is 2.56. The van der Waals surface area contributed by atoms with E-state index in [9.17, 15) is 0 Å². The van der Waals surface area contributed by atoms with Gasteiger partial charge in [0.05, 0.1) is 25.9 Å². The third kappa shape index (κ3) is 6.20. The molecule has 0 aromatic heterocycles. The van der Waals surface area contributed by atoms with Gasteiger partial charge in [-0.3, -0.25) is 4.99 Å². The van der Waals surface area contributed by atoms with Crippen LogP contribution in [-0.2, 0) is 14.2 Å². The van der Waals surface area contributed by atoms with Crippen LogP contribution in [0.15, 0.2) is 4.99 Å².